The lowest BCUT2D eigenvalue weighted by atomic mass is 9.98. The van der Waals surface area contributed by atoms with Crippen LogP contribution in [0.5, 0.6) is 0 Å². The molecule has 0 spiro atoms. The average molecular weight is 234 g/mol. The van der Waals surface area contributed by atoms with Crippen molar-refractivity contribution in [1.82, 2.24) is 5.32 Å². The van der Waals surface area contributed by atoms with Crippen LogP contribution in [0.1, 0.15) is 24.3 Å². The van der Waals surface area contributed by atoms with Gasteiger partial charge in [-0.05, 0) is 43.0 Å². The fourth-order valence-electron chi connectivity index (χ4n) is 2.85. The second kappa shape index (κ2) is 4.65. The Hall–Kier alpha value is -1.09. The molecule has 0 aliphatic carbocycles. The highest BCUT2D eigenvalue weighted by Gasteiger charge is 2.22. The molecule has 0 aromatic heterocycles. The fraction of sp³-hybridized carbons (Fsp3) is 0.571. The second-order valence-electron chi connectivity index (χ2n) is 5.11. The molecule has 3 rings (SSSR count). The highest BCUT2D eigenvalue weighted by Crippen LogP contribution is 2.26. The topological polar surface area (TPSA) is 15.3 Å². The fourth-order valence-corrected chi connectivity index (χ4v) is 2.85. The molecule has 1 N–H and O–H groups in total. The van der Waals surface area contributed by atoms with Crippen molar-refractivity contribution in [1.29, 1.82) is 0 Å². The van der Waals surface area contributed by atoms with Crippen molar-refractivity contribution in [3.8, 4) is 0 Å². The summed E-state index contributed by atoms with van der Waals surface area (Å²) in [5, 5.41) is 3.39. The maximum atomic E-state index is 13.1. The molecule has 2 saturated heterocycles. The number of rotatable bonds is 2. The molecule has 2 atom stereocenters. The van der Waals surface area contributed by atoms with Gasteiger partial charge >= 0.3 is 0 Å². The normalized spacial score (nSPS) is 28.9. The summed E-state index contributed by atoms with van der Waals surface area (Å²) >= 11 is 0. The molecule has 0 radical (unpaired) electrons. The van der Waals surface area contributed by atoms with Gasteiger partial charge in [0.05, 0.1) is 0 Å². The molecule has 0 saturated carbocycles. The molecule has 17 heavy (non-hydrogen) atoms. The summed E-state index contributed by atoms with van der Waals surface area (Å²) in [7, 11) is 0. The Balaban J connectivity index is 1.71. The quantitative estimate of drug-likeness (QED) is 0.844. The van der Waals surface area contributed by atoms with Crippen LogP contribution in [0.15, 0.2) is 24.3 Å². The van der Waals surface area contributed by atoms with E-state index in [1.807, 2.05) is 0 Å². The van der Waals surface area contributed by atoms with Gasteiger partial charge in [-0.1, -0.05) is 12.1 Å². The number of alkyl halides is 1. The Morgan fingerprint density at radius 1 is 1.18 bits per heavy atom. The second-order valence-corrected chi connectivity index (χ2v) is 5.11. The molecule has 2 fully saturated rings. The van der Waals surface area contributed by atoms with Crippen molar-refractivity contribution in [3.63, 3.8) is 0 Å². The maximum Gasteiger partial charge on any atom is 0.119 e. The molecule has 92 valence electrons. The van der Waals surface area contributed by atoms with Gasteiger partial charge in [-0.15, -0.1) is 0 Å². The lowest BCUT2D eigenvalue weighted by molar-refractivity contribution is 0.364. The minimum atomic E-state index is -0.645. The van der Waals surface area contributed by atoms with E-state index < -0.39 is 6.17 Å². The minimum Gasteiger partial charge on any atom is -0.369 e. The first-order chi connectivity index (χ1) is 8.33. The third-order valence-electron chi connectivity index (χ3n) is 3.92. The van der Waals surface area contributed by atoms with Gasteiger partial charge in [0.15, 0.2) is 0 Å². The van der Waals surface area contributed by atoms with E-state index in [1.165, 1.54) is 17.7 Å². The Kier molecular flexibility index (Phi) is 3.02. The summed E-state index contributed by atoms with van der Waals surface area (Å²) in [6.07, 6.45) is 1.26. The summed E-state index contributed by atoms with van der Waals surface area (Å²) in [6.45, 7) is 3.63. The predicted molar refractivity (Wildman–Crippen MR) is 68.4 cm³/mol. The first kappa shape index (κ1) is 11.0. The maximum absolute atomic E-state index is 13.1. The SMILES string of the molecule is FC1CCN(c2ccc(C3CCNC3)cc2)C1. The predicted octanol–water partition coefficient (Wildman–Crippen LogP) is 2.31. The highest BCUT2D eigenvalue weighted by molar-refractivity contribution is 5.49. The van der Waals surface area contributed by atoms with E-state index in [0.29, 0.717) is 18.9 Å². The minimum absolute atomic E-state index is 0.560. The van der Waals surface area contributed by atoms with E-state index in [1.54, 1.807) is 0 Å². The Morgan fingerprint density at radius 2 is 2.00 bits per heavy atom. The zero-order chi connectivity index (χ0) is 11.7. The molecule has 3 heteroatoms. The molecule has 1 aromatic carbocycles. The number of halogens is 1. The largest absolute Gasteiger partial charge is 0.369 e. The molecule has 0 amide bonds. The van der Waals surface area contributed by atoms with Crippen molar-refractivity contribution in [2.24, 2.45) is 0 Å². The van der Waals surface area contributed by atoms with E-state index in [2.05, 4.69) is 34.5 Å². The molecule has 2 nitrogen and oxygen atoms in total. The van der Waals surface area contributed by atoms with Gasteiger partial charge in [0.25, 0.3) is 0 Å². The van der Waals surface area contributed by atoms with Gasteiger partial charge in [-0.3, -0.25) is 0 Å². The molecule has 2 aliphatic heterocycles. The Bertz CT molecular complexity index is 370. The van der Waals surface area contributed by atoms with E-state index in [0.717, 1.165) is 19.6 Å². The summed E-state index contributed by atoms with van der Waals surface area (Å²) in [5.74, 6) is 0.663. The van der Waals surface area contributed by atoms with E-state index in [4.69, 9.17) is 0 Å². The van der Waals surface area contributed by atoms with Crippen LogP contribution in [0.25, 0.3) is 0 Å². The summed E-state index contributed by atoms with van der Waals surface area (Å²) in [4.78, 5) is 2.14. The summed E-state index contributed by atoms with van der Waals surface area (Å²) in [5.41, 5.74) is 2.58. The first-order valence-electron chi connectivity index (χ1n) is 6.52. The molecular weight excluding hydrogens is 215 g/mol. The Labute approximate surface area is 102 Å². The van der Waals surface area contributed by atoms with Crippen molar-refractivity contribution in [2.45, 2.75) is 24.9 Å². The molecule has 0 bridgehead atoms. The van der Waals surface area contributed by atoms with E-state index >= 15 is 0 Å². The van der Waals surface area contributed by atoms with Crippen LogP contribution >= 0.6 is 0 Å². The third-order valence-corrected chi connectivity index (χ3v) is 3.92. The smallest absolute Gasteiger partial charge is 0.119 e. The van der Waals surface area contributed by atoms with Gasteiger partial charge in [0, 0.05) is 25.3 Å². The van der Waals surface area contributed by atoms with Crippen LogP contribution in [0.4, 0.5) is 10.1 Å². The van der Waals surface area contributed by atoms with Crippen LogP contribution in [-0.4, -0.2) is 32.4 Å². The van der Waals surface area contributed by atoms with Crippen LogP contribution < -0.4 is 10.2 Å². The van der Waals surface area contributed by atoms with Crippen LogP contribution in [0.3, 0.4) is 0 Å². The molecule has 1 aromatic rings. The average Bonchev–Trinajstić information content (AvgIpc) is 3.00. The van der Waals surface area contributed by atoms with Gasteiger partial charge in [0.1, 0.15) is 6.17 Å². The molecule has 2 unspecified atom stereocenters. The summed E-state index contributed by atoms with van der Waals surface area (Å²) < 4.78 is 13.1. The number of benzene rings is 1. The lowest BCUT2D eigenvalue weighted by Crippen LogP contribution is -2.19. The van der Waals surface area contributed by atoms with Crippen molar-refractivity contribution in [2.75, 3.05) is 31.1 Å². The zero-order valence-electron chi connectivity index (χ0n) is 10.0. The van der Waals surface area contributed by atoms with Crippen LogP contribution in [0, 0.1) is 0 Å². The molecule has 2 aliphatic rings. The standard InChI is InChI=1S/C14H19FN2/c15-13-6-8-17(10-13)14-3-1-11(2-4-14)12-5-7-16-9-12/h1-4,12-13,16H,5-10H2. The van der Waals surface area contributed by atoms with Gasteiger partial charge in [-0.25, -0.2) is 4.39 Å². The summed E-state index contributed by atoms with van der Waals surface area (Å²) in [6, 6.07) is 8.70. The number of hydrogen-bond donors (Lipinski definition) is 1. The van der Waals surface area contributed by atoms with Gasteiger partial charge < -0.3 is 10.2 Å². The number of hydrogen-bond acceptors (Lipinski definition) is 2. The van der Waals surface area contributed by atoms with Crippen LogP contribution in [0.2, 0.25) is 0 Å². The zero-order valence-corrected chi connectivity index (χ0v) is 10.0. The molecule has 2 heterocycles. The monoisotopic (exact) mass is 234 g/mol. The van der Waals surface area contributed by atoms with Gasteiger partial charge in [0.2, 0.25) is 0 Å². The molecular formula is C14H19FN2. The van der Waals surface area contributed by atoms with Crippen molar-refractivity contribution < 1.29 is 4.39 Å². The highest BCUT2D eigenvalue weighted by atomic mass is 19.1. The lowest BCUT2D eigenvalue weighted by Gasteiger charge is -2.18. The van der Waals surface area contributed by atoms with Crippen molar-refractivity contribution >= 4 is 5.69 Å². The Morgan fingerprint density at radius 3 is 2.59 bits per heavy atom. The first-order valence-corrected chi connectivity index (χ1v) is 6.52. The third kappa shape index (κ3) is 2.29. The number of nitrogens with zero attached hydrogens (tertiary/aromatic N) is 1. The van der Waals surface area contributed by atoms with Gasteiger partial charge in [-0.2, -0.15) is 0 Å². The van der Waals surface area contributed by atoms with E-state index in [9.17, 15) is 4.39 Å². The van der Waals surface area contributed by atoms with Crippen LogP contribution in [-0.2, 0) is 0 Å². The van der Waals surface area contributed by atoms with Crippen molar-refractivity contribution in [3.05, 3.63) is 29.8 Å². The number of anilines is 1. The van der Waals surface area contributed by atoms with E-state index in [-0.39, 0.29) is 0 Å². The number of nitrogens with one attached hydrogen (secondary N) is 1.